The van der Waals surface area contributed by atoms with E-state index in [0.717, 1.165) is 40.0 Å². The Labute approximate surface area is 173 Å². The van der Waals surface area contributed by atoms with Crippen LogP contribution in [0.5, 0.6) is 0 Å². The van der Waals surface area contributed by atoms with Crippen molar-refractivity contribution in [3.05, 3.63) is 54.2 Å². The zero-order valence-electron chi connectivity index (χ0n) is 16.9. The third-order valence-corrected chi connectivity index (χ3v) is 5.53. The quantitative estimate of drug-likeness (QED) is 0.525. The highest BCUT2D eigenvalue weighted by Crippen LogP contribution is 2.33. The first-order valence-electron chi connectivity index (χ1n) is 9.96. The van der Waals surface area contributed by atoms with Gasteiger partial charge in [0.2, 0.25) is 0 Å². The fourth-order valence-electron chi connectivity index (χ4n) is 3.93. The Morgan fingerprint density at radius 2 is 2.07 bits per heavy atom. The van der Waals surface area contributed by atoms with Gasteiger partial charge in [-0.15, -0.1) is 0 Å². The number of esters is 1. The van der Waals surface area contributed by atoms with E-state index in [0.29, 0.717) is 24.3 Å². The molecule has 7 nitrogen and oxygen atoms in total. The number of benzene rings is 2. The number of anilines is 1. The Hall–Kier alpha value is -3.45. The van der Waals surface area contributed by atoms with Crippen molar-refractivity contribution < 1.29 is 14.3 Å². The van der Waals surface area contributed by atoms with E-state index in [1.807, 2.05) is 18.3 Å². The first kappa shape index (κ1) is 18.6. The van der Waals surface area contributed by atoms with Crippen LogP contribution in [0.1, 0.15) is 17.3 Å². The molecule has 1 atom stereocenters. The number of rotatable bonds is 3. The number of nitrogens with zero attached hydrogens (tertiary/aromatic N) is 3. The van der Waals surface area contributed by atoms with Crippen LogP contribution in [0, 0.1) is 0 Å². The van der Waals surface area contributed by atoms with Crippen LogP contribution >= 0.6 is 0 Å². The van der Waals surface area contributed by atoms with Crippen LogP contribution in [0.25, 0.3) is 33.2 Å². The molecule has 1 saturated heterocycles. The van der Waals surface area contributed by atoms with Gasteiger partial charge in [-0.25, -0.2) is 14.8 Å². The van der Waals surface area contributed by atoms with Crippen molar-refractivity contribution in [2.75, 3.05) is 31.8 Å². The SMILES string of the molecule is COC(=O)c1ccc2nc(-c3ccc4[nH]ccc4c3)c(N3CCOCC3C)nc2c1. The molecule has 0 amide bonds. The molecule has 5 rings (SSSR count). The molecule has 0 aliphatic carbocycles. The van der Waals surface area contributed by atoms with Gasteiger partial charge < -0.3 is 19.4 Å². The van der Waals surface area contributed by atoms with Crippen LogP contribution in [0.4, 0.5) is 5.82 Å². The van der Waals surface area contributed by atoms with Crippen molar-refractivity contribution >= 4 is 33.7 Å². The van der Waals surface area contributed by atoms with Crippen molar-refractivity contribution in [3.8, 4) is 11.3 Å². The molecule has 2 aromatic heterocycles. The molecule has 152 valence electrons. The first-order valence-corrected chi connectivity index (χ1v) is 9.96. The van der Waals surface area contributed by atoms with Crippen molar-refractivity contribution in [2.45, 2.75) is 13.0 Å². The van der Waals surface area contributed by atoms with Gasteiger partial charge >= 0.3 is 5.97 Å². The lowest BCUT2D eigenvalue weighted by molar-refractivity contribution is 0.0601. The van der Waals surface area contributed by atoms with E-state index in [4.69, 9.17) is 19.4 Å². The van der Waals surface area contributed by atoms with Gasteiger partial charge in [-0.2, -0.15) is 0 Å². The Balaban J connectivity index is 1.72. The van der Waals surface area contributed by atoms with Gasteiger partial charge in [-0.05, 0) is 43.3 Å². The number of carbonyl (C=O) groups excluding carboxylic acids is 1. The first-order chi connectivity index (χ1) is 14.6. The maximum Gasteiger partial charge on any atom is 0.337 e. The van der Waals surface area contributed by atoms with Crippen LogP contribution < -0.4 is 4.90 Å². The summed E-state index contributed by atoms with van der Waals surface area (Å²) in [6.45, 7) is 4.13. The van der Waals surface area contributed by atoms with E-state index in [2.05, 4.69) is 35.0 Å². The number of methoxy groups -OCH3 is 1. The second-order valence-corrected chi connectivity index (χ2v) is 7.49. The van der Waals surface area contributed by atoms with Crippen LogP contribution in [0.2, 0.25) is 0 Å². The zero-order valence-corrected chi connectivity index (χ0v) is 16.9. The van der Waals surface area contributed by atoms with Crippen LogP contribution in [0.15, 0.2) is 48.7 Å². The van der Waals surface area contributed by atoms with Crippen molar-refractivity contribution in [1.29, 1.82) is 0 Å². The summed E-state index contributed by atoms with van der Waals surface area (Å²) in [7, 11) is 1.37. The Morgan fingerprint density at radius 3 is 2.90 bits per heavy atom. The molecular weight excluding hydrogens is 380 g/mol. The zero-order chi connectivity index (χ0) is 20.7. The van der Waals surface area contributed by atoms with Crippen LogP contribution in [0.3, 0.4) is 0 Å². The Bertz CT molecular complexity index is 1250. The lowest BCUT2D eigenvalue weighted by Gasteiger charge is -2.35. The molecule has 4 aromatic rings. The molecule has 7 heteroatoms. The molecule has 30 heavy (non-hydrogen) atoms. The molecule has 2 aromatic carbocycles. The summed E-state index contributed by atoms with van der Waals surface area (Å²) < 4.78 is 10.5. The number of ether oxygens (including phenoxy) is 2. The topological polar surface area (TPSA) is 80.3 Å². The molecule has 0 radical (unpaired) electrons. The number of morpholine rings is 1. The van der Waals surface area contributed by atoms with Crippen LogP contribution in [-0.2, 0) is 9.47 Å². The predicted octanol–water partition coefficient (Wildman–Crippen LogP) is 3.79. The minimum atomic E-state index is -0.387. The van der Waals surface area contributed by atoms with Gasteiger partial charge in [0.25, 0.3) is 0 Å². The Kier molecular flexibility index (Phi) is 4.59. The molecule has 0 bridgehead atoms. The maximum atomic E-state index is 12.0. The maximum absolute atomic E-state index is 12.0. The van der Waals surface area contributed by atoms with E-state index >= 15 is 0 Å². The number of fused-ring (bicyclic) bond motifs is 2. The van der Waals surface area contributed by atoms with Crippen LogP contribution in [-0.4, -0.2) is 53.8 Å². The molecule has 1 aliphatic heterocycles. The summed E-state index contributed by atoms with van der Waals surface area (Å²) >= 11 is 0. The van der Waals surface area contributed by atoms with Crippen molar-refractivity contribution in [1.82, 2.24) is 15.0 Å². The molecule has 0 spiro atoms. The molecule has 3 heterocycles. The van der Waals surface area contributed by atoms with Gasteiger partial charge in [-0.1, -0.05) is 6.07 Å². The van der Waals surface area contributed by atoms with Crippen molar-refractivity contribution in [3.63, 3.8) is 0 Å². The molecule has 0 saturated carbocycles. The van der Waals surface area contributed by atoms with E-state index in [9.17, 15) is 4.79 Å². The lowest BCUT2D eigenvalue weighted by Crippen LogP contribution is -2.44. The van der Waals surface area contributed by atoms with Gasteiger partial charge in [-0.3, -0.25) is 0 Å². The third-order valence-electron chi connectivity index (χ3n) is 5.53. The molecular formula is C23H22N4O3. The number of aromatic amines is 1. The predicted molar refractivity (Wildman–Crippen MR) is 116 cm³/mol. The summed E-state index contributed by atoms with van der Waals surface area (Å²) in [5, 5.41) is 1.12. The molecule has 1 aliphatic rings. The highest BCUT2D eigenvalue weighted by molar-refractivity contribution is 5.95. The molecule has 1 fully saturated rings. The van der Waals surface area contributed by atoms with Crippen molar-refractivity contribution in [2.24, 2.45) is 0 Å². The third kappa shape index (κ3) is 3.17. The largest absolute Gasteiger partial charge is 0.465 e. The number of hydrogen-bond donors (Lipinski definition) is 1. The number of aromatic nitrogens is 3. The smallest absolute Gasteiger partial charge is 0.337 e. The fraction of sp³-hybridized carbons (Fsp3) is 0.261. The van der Waals surface area contributed by atoms with Gasteiger partial charge in [0, 0.05) is 29.2 Å². The number of carbonyl (C=O) groups is 1. The minimum absolute atomic E-state index is 0.170. The minimum Gasteiger partial charge on any atom is -0.465 e. The normalized spacial score (nSPS) is 16.9. The summed E-state index contributed by atoms with van der Waals surface area (Å²) in [6, 6.07) is 13.7. The van der Waals surface area contributed by atoms with Gasteiger partial charge in [0.05, 0.1) is 43.0 Å². The number of hydrogen-bond acceptors (Lipinski definition) is 6. The van der Waals surface area contributed by atoms with E-state index in [1.54, 1.807) is 12.1 Å². The Morgan fingerprint density at radius 1 is 1.17 bits per heavy atom. The highest BCUT2D eigenvalue weighted by atomic mass is 16.5. The molecule has 1 N–H and O–H groups in total. The lowest BCUT2D eigenvalue weighted by atomic mass is 10.1. The summed E-state index contributed by atoms with van der Waals surface area (Å²) in [5.41, 5.74) is 4.76. The van der Waals surface area contributed by atoms with Gasteiger partial charge in [0.1, 0.15) is 5.69 Å². The standard InChI is InChI=1S/C23H22N4O3/c1-14-13-30-10-9-27(14)22-21(16-3-5-18-15(11-16)7-8-24-18)25-19-6-4-17(23(28)29-2)12-20(19)26-22/h3-8,11-12,14,24H,9-10,13H2,1-2H3. The fourth-order valence-corrected chi connectivity index (χ4v) is 3.93. The second-order valence-electron chi connectivity index (χ2n) is 7.49. The van der Waals surface area contributed by atoms with E-state index in [-0.39, 0.29) is 12.0 Å². The number of H-pyrrole nitrogens is 1. The van der Waals surface area contributed by atoms with E-state index in [1.165, 1.54) is 7.11 Å². The summed E-state index contributed by atoms with van der Waals surface area (Å²) in [4.78, 5) is 27.4. The second kappa shape index (κ2) is 7.42. The van der Waals surface area contributed by atoms with E-state index < -0.39 is 0 Å². The van der Waals surface area contributed by atoms with Gasteiger partial charge in [0.15, 0.2) is 5.82 Å². The monoisotopic (exact) mass is 402 g/mol. The highest BCUT2D eigenvalue weighted by Gasteiger charge is 2.25. The average Bonchev–Trinajstić information content (AvgIpc) is 3.25. The summed E-state index contributed by atoms with van der Waals surface area (Å²) in [5.74, 6) is 0.414. The summed E-state index contributed by atoms with van der Waals surface area (Å²) in [6.07, 6.45) is 1.93. The average molecular weight is 402 g/mol. The molecule has 1 unspecified atom stereocenters. The number of nitrogens with one attached hydrogen (secondary N) is 1.